The van der Waals surface area contributed by atoms with Gasteiger partial charge in [0, 0.05) is 29.7 Å². The lowest BCUT2D eigenvalue weighted by atomic mass is 10.0. The number of H-pyrrole nitrogens is 1. The Kier molecular flexibility index (Phi) is 4.98. The number of fused-ring (bicyclic) bond motifs is 1. The highest BCUT2D eigenvalue weighted by atomic mass is 16.3. The number of aromatic nitrogens is 1. The van der Waals surface area contributed by atoms with Gasteiger partial charge >= 0.3 is 0 Å². The Bertz CT molecular complexity index is 606. The van der Waals surface area contributed by atoms with Crippen LogP contribution in [0.1, 0.15) is 19.4 Å². The fraction of sp³-hybridized carbons (Fsp3) is 0.438. The van der Waals surface area contributed by atoms with Crippen LogP contribution in [0.3, 0.4) is 0 Å². The fourth-order valence-corrected chi connectivity index (χ4v) is 2.57. The molecule has 5 nitrogen and oxygen atoms in total. The van der Waals surface area contributed by atoms with Gasteiger partial charge in [0.05, 0.1) is 12.6 Å². The van der Waals surface area contributed by atoms with E-state index in [2.05, 4.69) is 4.98 Å². The Morgan fingerprint density at radius 3 is 2.76 bits per heavy atom. The third-order valence-corrected chi connectivity index (χ3v) is 3.68. The number of nitrogens with one attached hydrogen (secondary N) is 1. The zero-order chi connectivity index (χ0) is 15.4. The molecule has 4 N–H and O–H groups in total. The minimum atomic E-state index is -0.599. The molecule has 0 aliphatic rings. The number of para-hydroxylation sites is 1. The van der Waals surface area contributed by atoms with Crippen LogP contribution in [-0.4, -0.2) is 46.1 Å². The van der Waals surface area contributed by atoms with E-state index in [1.54, 1.807) is 4.90 Å². The number of rotatable bonds is 6. The highest BCUT2D eigenvalue weighted by Crippen LogP contribution is 2.19. The number of nitrogens with zero attached hydrogens (tertiary/aromatic N) is 1. The number of amides is 1. The molecule has 1 amide bonds. The summed E-state index contributed by atoms with van der Waals surface area (Å²) in [6.07, 6.45) is 2.39. The maximum absolute atomic E-state index is 12.4. The normalized spacial score (nSPS) is 12.8. The monoisotopic (exact) mass is 289 g/mol. The van der Waals surface area contributed by atoms with E-state index in [0.717, 1.165) is 16.5 Å². The molecule has 21 heavy (non-hydrogen) atoms. The first kappa shape index (κ1) is 15.5. The molecule has 0 aliphatic heterocycles. The summed E-state index contributed by atoms with van der Waals surface area (Å²) >= 11 is 0. The van der Waals surface area contributed by atoms with Gasteiger partial charge in [0.1, 0.15) is 0 Å². The maximum Gasteiger partial charge on any atom is 0.240 e. The van der Waals surface area contributed by atoms with Gasteiger partial charge in [-0.2, -0.15) is 0 Å². The molecule has 0 fully saturated rings. The smallest absolute Gasteiger partial charge is 0.240 e. The number of aromatic amines is 1. The van der Waals surface area contributed by atoms with Crippen molar-refractivity contribution in [2.24, 2.45) is 5.73 Å². The third kappa shape index (κ3) is 3.43. The summed E-state index contributed by atoms with van der Waals surface area (Å²) in [6, 6.07) is 7.39. The van der Waals surface area contributed by atoms with Crippen molar-refractivity contribution in [3.05, 3.63) is 36.0 Å². The predicted molar refractivity (Wildman–Crippen MR) is 83.9 cm³/mol. The highest BCUT2D eigenvalue weighted by molar-refractivity contribution is 5.86. The maximum atomic E-state index is 12.4. The molecule has 2 aromatic rings. The summed E-state index contributed by atoms with van der Waals surface area (Å²) in [6.45, 7) is 4.11. The fourth-order valence-electron chi connectivity index (χ4n) is 2.57. The predicted octanol–water partition coefficient (Wildman–Crippen LogP) is 1.27. The van der Waals surface area contributed by atoms with E-state index < -0.39 is 6.04 Å². The van der Waals surface area contributed by atoms with Crippen molar-refractivity contribution >= 4 is 16.8 Å². The van der Waals surface area contributed by atoms with Crippen LogP contribution in [0, 0.1) is 0 Å². The van der Waals surface area contributed by atoms with Gasteiger partial charge < -0.3 is 20.7 Å². The van der Waals surface area contributed by atoms with Crippen LogP contribution in [-0.2, 0) is 11.2 Å². The van der Waals surface area contributed by atoms with E-state index in [4.69, 9.17) is 10.8 Å². The standard InChI is InChI=1S/C16H23N3O2/c1-11(2)19(7-8-20)16(21)14(17)9-12-10-18-15-6-4-3-5-13(12)15/h3-6,10-11,14,18,20H,7-9,17H2,1-2H3/t14-/m0/s1. The first-order valence-electron chi connectivity index (χ1n) is 7.26. The van der Waals surface area contributed by atoms with Crippen LogP contribution in [0.5, 0.6) is 0 Å². The molecule has 0 saturated heterocycles. The van der Waals surface area contributed by atoms with E-state index in [0.29, 0.717) is 13.0 Å². The van der Waals surface area contributed by atoms with Crippen molar-refractivity contribution in [2.45, 2.75) is 32.4 Å². The molecular formula is C16H23N3O2. The molecule has 0 saturated carbocycles. The number of nitrogens with two attached hydrogens (primary N) is 1. The number of aliphatic hydroxyl groups is 1. The van der Waals surface area contributed by atoms with Crippen LogP contribution in [0.25, 0.3) is 10.9 Å². The molecule has 1 heterocycles. The van der Waals surface area contributed by atoms with Crippen molar-refractivity contribution in [3.63, 3.8) is 0 Å². The first-order valence-corrected chi connectivity index (χ1v) is 7.26. The Hall–Kier alpha value is -1.85. The summed E-state index contributed by atoms with van der Waals surface area (Å²) in [4.78, 5) is 17.2. The summed E-state index contributed by atoms with van der Waals surface area (Å²) < 4.78 is 0. The molecule has 0 radical (unpaired) electrons. The molecule has 2 rings (SSSR count). The molecule has 114 valence electrons. The van der Waals surface area contributed by atoms with Gasteiger partial charge in [-0.25, -0.2) is 0 Å². The molecule has 1 atom stereocenters. The SMILES string of the molecule is CC(C)N(CCO)C(=O)[C@@H](N)Cc1c[nH]c2ccccc12. The van der Waals surface area contributed by atoms with Crippen LogP contribution in [0.2, 0.25) is 0 Å². The van der Waals surface area contributed by atoms with Gasteiger partial charge in [0.2, 0.25) is 5.91 Å². The number of carbonyl (C=O) groups is 1. The van der Waals surface area contributed by atoms with Crippen LogP contribution >= 0.6 is 0 Å². The summed E-state index contributed by atoms with van der Waals surface area (Å²) in [5, 5.41) is 10.2. The van der Waals surface area contributed by atoms with E-state index in [-0.39, 0.29) is 18.6 Å². The van der Waals surface area contributed by atoms with Gasteiger partial charge in [0.25, 0.3) is 0 Å². The third-order valence-electron chi connectivity index (χ3n) is 3.68. The topological polar surface area (TPSA) is 82.3 Å². The Morgan fingerprint density at radius 2 is 2.10 bits per heavy atom. The summed E-state index contributed by atoms with van der Waals surface area (Å²) in [7, 11) is 0. The highest BCUT2D eigenvalue weighted by Gasteiger charge is 2.23. The average Bonchev–Trinajstić information content (AvgIpc) is 2.87. The van der Waals surface area contributed by atoms with Crippen LogP contribution < -0.4 is 5.73 Å². The number of hydrogen-bond acceptors (Lipinski definition) is 3. The number of benzene rings is 1. The second-order valence-electron chi connectivity index (χ2n) is 5.52. The van der Waals surface area contributed by atoms with E-state index in [9.17, 15) is 4.79 Å². The molecule has 0 unspecified atom stereocenters. The van der Waals surface area contributed by atoms with Crippen molar-refractivity contribution < 1.29 is 9.90 Å². The van der Waals surface area contributed by atoms with Crippen LogP contribution in [0.4, 0.5) is 0 Å². The van der Waals surface area contributed by atoms with Gasteiger partial charge in [0.15, 0.2) is 0 Å². The summed E-state index contributed by atoms with van der Waals surface area (Å²) in [5.74, 6) is -0.121. The van der Waals surface area contributed by atoms with E-state index in [1.165, 1.54) is 0 Å². The molecule has 0 spiro atoms. The first-order chi connectivity index (χ1) is 10.0. The zero-order valence-electron chi connectivity index (χ0n) is 12.5. The van der Waals surface area contributed by atoms with Crippen molar-refractivity contribution in [2.75, 3.05) is 13.2 Å². The Morgan fingerprint density at radius 1 is 1.38 bits per heavy atom. The molecule has 5 heteroatoms. The van der Waals surface area contributed by atoms with E-state index >= 15 is 0 Å². The molecule has 0 aliphatic carbocycles. The zero-order valence-corrected chi connectivity index (χ0v) is 12.5. The van der Waals surface area contributed by atoms with Crippen LogP contribution in [0.15, 0.2) is 30.5 Å². The lowest BCUT2D eigenvalue weighted by Crippen LogP contribution is -2.48. The quantitative estimate of drug-likeness (QED) is 0.749. The molecular weight excluding hydrogens is 266 g/mol. The van der Waals surface area contributed by atoms with Gasteiger partial charge in [-0.1, -0.05) is 18.2 Å². The molecule has 1 aromatic heterocycles. The van der Waals surface area contributed by atoms with Gasteiger partial charge in [-0.05, 0) is 31.9 Å². The average molecular weight is 289 g/mol. The molecule has 1 aromatic carbocycles. The van der Waals surface area contributed by atoms with Crippen molar-refractivity contribution in [1.82, 2.24) is 9.88 Å². The Balaban J connectivity index is 2.13. The minimum absolute atomic E-state index is 0.0265. The number of aliphatic hydroxyl groups excluding tert-OH is 1. The van der Waals surface area contributed by atoms with Crippen molar-refractivity contribution in [1.29, 1.82) is 0 Å². The minimum Gasteiger partial charge on any atom is -0.395 e. The summed E-state index contributed by atoms with van der Waals surface area (Å²) in [5.41, 5.74) is 8.17. The van der Waals surface area contributed by atoms with Crippen molar-refractivity contribution in [3.8, 4) is 0 Å². The van der Waals surface area contributed by atoms with E-state index in [1.807, 2.05) is 44.3 Å². The lowest BCUT2D eigenvalue weighted by molar-refractivity contribution is -0.134. The van der Waals surface area contributed by atoms with Gasteiger partial charge in [-0.3, -0.25) is 4.79 Å². The Labute approximate surface area is 124 Å². The van der Waals surface area contributed by atoms with Gasteiger partial charge in [-0.15, -0.1) is 0 Å². The lowest BCUT2D eigenvalue weighted by Gasteiger charge is -2.28. The molecule has 0 bridgehead atoms. The largest absolute Gasteiger partial charge is 0.395 e. The second-order valence-corrected chi connectivity index (χ2v) is 5.52. The number of hydrogen-bond donors (Lipinski definition) is 3. The number of carbonyl (C=O) groups excluding carboxylic acids is 1. The second kappa shape index (κ2) is 6.74.